The molecule has 0 spiro atoms. The van der Waals surface area contributed by atoms with Gasteiger partial charge in [-0.25, -0.2) is 18.7 Å². The number of anilines is 2. The molecule has 8 nitrogen and oxygen atoms in total. The molecule has 0 radical (unpaired) electrons. The lowest BCUT2D eigenvalue weighted by Gasteiger charge is -2.12. The van der Waals surface area contributed by atoms with Crippen LogP contribution in [0.15, 0.2) is 6.33 Å². The standard InChI is InChI=1S/C10H15F2N5O3/c1-2-3-13-9-7(17(19)20)10(16-5-15-9)14-4-6(18)8(11)12/h5-6,8,18H,2-4H2,1H3,(H2,13,14,15,16). The largest absolute Gasteiger partial charge is 0.385 e. The molecule has 0 bridgehead atoms. The summed E-state index contributed by atoms with van der Waals surface area (Å²) in [5.41, 5.74) is -0.442. The Morgan fingerprint density at radius 3 is 2.50 bits per heavy atom. The van der Waals surface area contributed by atoms with Gasteiger partial charge in [-0.2, -0.15) is 0 Å². The summed E-state index contributed by atoms with van der Waals surface area (Å²) in [6, 6.07) is 0. The molecule has 0 aliphatic rings. The first-order chi connectivity index (χ1) is 9.47. The lowest BCUT2D eigenvalue weighted by Crippen LogP contribution is -2.27. The quantitative estimate of drug-likeness (QED) is 0.488. The average molecular weight is 291 g/mol. The monoisotopic (exact) mass is 291 g/mol. The molecule has 1 rings (SSSR count). The van der Waals surface area contributed by atoms with E-state index in [0.717, 1.165) is 12.7 Å². The fourth-order valence-corrected chi connectivity index (χ4v) is 1.34. The summed E-state index contributed by atoms with van der Waals surface area (Å²) in [5.74, 6) is -0.218. The maximum absolute atomic E-state index is 12.2. The van der Waals surface area contributed by atoms with Crippen molar-refractivity contribution in [2.24, 2.45) is 0 Å². The number of hydrogen-bond donors (Lipinski definition) is 3. The van der Waals surface area contributed by atoms with Crippen LogP contribution in [0.5, 0.6) is 0 Å². The summed E-state index contributed by atoms with van der Waals surface area (Å²) < 4.78 is 24.3. The highest BCUT2D eigenvalue weighted by atomic mass is 19.3. The van der Waals surface area contributed by atoms with Crippen LogP contribution in [-0.2, 0) is 0 Å². The topological polar surface area (TPSA) is 113 Å². The third kappa shape index (κ3) is 4.23. The molecule has 1 unspecified atom stereocenters. The summed E-state index contributed by atoms with van der Waals surface area (Å²) in [4.78, 5) is 17.7. The van der Waals surface area contributed by atoms with E-state index in [0.29, 0.717) is 6.54 Å². The van der Waals surface area contributed by atoms with E-state index in [-0.39, 0.29) is 11.6 Å². The Morgan fingerprint density at radius 2 is 2.00 bits per heavy atom. The van der Waals surface area contributed by atoms with Crippen LogP contribution in [0, 0.1) is 10.1 Å². The van der Waals surface area contributed by atoms with E-state index in [2.05, 4.69) is 20.6 Å². The lowest BCUT2D eigenvalue weighted by atomic mass is 10.3. The van der Waals surface area contributed by atoms with Gasteiger partial charge in [-0.05, 0) is 6.42 Å². The van der Waals surface area contributed by atoms with Gasteiger partial charge in [0, 0.05) is 13.1 Å². The van der Waals surface area contributed by atoms with E-state index in [9.17, 15) is 18.9 Å². The fourth-order valence-electron chi connectivity index (χ4n) is 1.34. The Kier molecular flexibility index (Phi) is 5.97. The predicted molar refractivity (Wildman–Crippen MR) is 68.0 cm³/mol. The highest BCUT2D eigenvalue weighted by molar-refractivity contribution is 5.69. The molecule has 1 aromatic heterocycles. The van der Waals surface area contributed by atoms with E-state index in [1.165, 1.54) is 0 Å². The summed E-state index contributed by atoms with van der Waals surface area (Å²) in [5, 5.41) is 25.1. The Balaban J connectivity index is 2.91. The third-order valence-corrected chi connectivity index (χ3v) is 2.32. The van der Waals surface area contributed by atoms with E-state index in [1.807, 2.05) is 6.92 Å². The van der Waals surface area contributed by atoms with Gasteiger partial charge in [-0.3, -0.25) is 10.1 Å². The second-order valence-corrected chi connectivity index (χ2v) is 3.89. The maximum atomic E-state index is 12.2. The highest BCUT2D eigenvalue weighted by Gasteiger charge is 2.24. The number of aliphatic hydroxyl groups is 1. The van der Waals surface area contributed by atoms with Crippen molar-refractivity contribution in [3.05, 3.63) is 16.4 Å². The van der Waals surface area contributed by atoms with Crippen LogP contribution >= 0.6 is 0 Å². The molecule has 0 saturated carbocycles. The number of aliphatic hydroxyl groups excluding tert-OH is 1. The van der Waals surface area contributed by atoms with Crippen molar-refractivity contribution >= 4 is 17.3 Å². The van der Waals surface area contributed by atoms with Gasteiger partial charge >= 0.3 is 5.69 Å². The summed E-state index contributed by atoms with van der Waals surface area (Å²) in [7, 11) is 0. The van der Waals surface area contributed by atoms with Crippen LogP contribution in [0.2, 0.25) is 0 Å². The molecule has 20 heavy (non-hydrogen) atoms. The number of rotatable bonds is 8. The number of nitrogens with one attached hydrogen (secondary N) is 2. The maximum Gasteiger partial charge on any atom is 0.353 e. The molecule has 10 heteroatoms. The number of halogens is 2. The molecule has 1 atom stereocenters. The summed E-state index contributed by atoms with van der Waals surface area (Å²) in [6.07, 6.45) is -3.08. The highest BCUT2D eigenvalue weighted by Crippen LogP contribution is 2.28. The van der Waals surface area contributed by atoms with Crippen LogP contribution in [0.3, 0.4) is 0 Å². The zero-order chi connectivity index (χ0) is 15.1. The first kappa shape index (κ1) is 16.0. The van der Waals surface area contributed by atoms with Gasteiger partial charge in [0.2, 0.25) is 11.6 Å². The number of alkyl halides is 2. The zero-order valence-corrected chi connectivity index (χ0v) is 10.7. The predicted octanol–water partition coefficient (Wildman–Crippen LogP) is 1.24. The molecule has 0 aromatic carbocycles. The molecule has 112 valence electrons. The van der Waals surface area contributed by atoms with E-state index in [4.69, 9.17) is 5.11 Å². The minimum Gasteiger partial charge on any atom is -0.385 e. The Hall–Kier alpha value is -2.10. The molecular formula is C10H15F2N5O3. The number of nitrogens with zero attached hydrogens (tertiary/aromatic N) is 3. The number of hydrogen-bond acceptors (Lipinski definition) is 7. The van der Waals surface area contributed by atoms with Crippen LogP contribution in [0.1, 0.15) is 13.3 Å². The first-order valence-electron chi connectivity index (χ1n) is 5.90. The zero-order valence-electron chi connectivity index (χ0n) is 10.7. The SMILES string of the molecule is CCCNc1ncnc(NCC(O)C(F)F)c1[N+](=O)[O-]. The first-order valence-corrected chi connectivity index (χ1v) is 5.90. The summed E-state index contributed by atoms with van der Waals surface area (Å²) in [6.45, 7) is 1.79. The average Bonchev–Trinajstić information content (AvgIpc) is 2.41. The third-order valence-electron chi connectivity index (χ3n) is 2.32. The lowest BCUT2D eigenvalue weighted by molar-refractivity contribution is -0.383. The minimum atomic E-state index is -2.94. The molecular weight excluding hydrogens is 276 g/mol. The van der Waals surface area contributed by atoms with Crippen molar-refractivity contribution in [2.75, 3.05) is 23.7 Å². The second-order valence-electron chi connectivity index (χ2n) is 3.89. The molecule has 3 N–H and O–H groups in total. The van der Waals surface area contributed by atoms with Crippen molar-refractivity contribution in [2.45, 2.75) is 25.9 Å². The molecule has 0 fully saturated rings. The second kappa shape index (κ2) is 7.48. The van der Waals surface area contributed by atoms with Gasteiger partial charge in [-0.1, -0.05) is 6.92 Å². The number of aromatic nitrogens is 2. The van der Waals surface area contributed by atoms with Crippen LogP contribution in [0.25, 0.3) is 0 Å². The van der Waals surface area contributed by atoms with E-state index in [1.54, 1.807) is 0 Å². The van der Waals surface area contributed by atoms with Gasteiger partial charge < -0.3 is 15.7 Å². The van der Waals surface area contributed by atoms with Crippen LogP contribution < -0.4 is 10.6 Å². The molecule has 0 aliphatic carbocycles. The van der Waals surface area contributed by atoms with E-state index >= 15 is 0 Å². The summed E-state index contributed by atoms with van der Waals surface area (Å²) >= 11 is 0. The molecule has 1 aromatic rings. The smallest absolute Gasteiger partial charge is 0.353 e. The molecule has 0 amide bonds. The van der Waals surface area contributed by atoms with Crippen molar-refractivity contribution < 1.29 is 18.8 Å². The van der Waals surface area contributed by atoms with Gasteiger partial charge in [0.05, 0.1) is 4.92 Å². The van der Waals surface area contributed by atoms with Gasteiger partial charge in [0.15, 0.2) is 0 Å². The van der Waals surface area contributed by atoms with Gasteiger partial charge in [0.1, 0.15) is 12.4 Å². The minimum absolute atomic E-state index is 0.000821. The Labute approximate surface area is 113 Å². The Morgan fingerprint density at radius 1 is 1.40 bits per heavy atom. The van der Waals surface area contributed by atoms with Crippen molar-refractivity contribution in [3.8, 4) is 0 Å². The van der Waals surface area contributed by atoms with Gasteiger partial charge in [0.25, 0.3) is 6.43 Å². The molecule has 0 aliphatic heterocycles. The van der Waals surface area contributed by atoms with E-state index < -0.39 is 29.7 Å². The number of nitro groups is 1. The normalized spacial score (nSPS) is 12.2. The molecule has 0 saturated heterocycles. The van der Waals surface area contributed by atoms with Crippen molar-refractivity contribution in [1.82, 2.24) is 9.97 Å². The van der Waals surface area contributed by atoms with Crippen molar-refractivity contribution in [3.63, 3.8) is 0 Å². The van der Waals surface area contributed by atoms with Crippen molar-refractivity contribution in [1.29, 1.82) is 0 Å². The molecule has 1 heterocycles. The fraction of sp³-hybridized carbons (Fsp3) is 0.600. The van der Waals surface area contributed by atoms with Crippen LogP contribution in [-0.4, -0.2) is 45.6 Å². The van der Waals surface area contributed by atoms with Gasteiger partial charge in [-0.15, -0.1) is 0 Å². The Bertz CT molecular complexity index is 461. The van der Waals surface area contributed by atoms with Crippen LogP contribution in [0.4, 0.5) is 26.1 Å².